The van der Waals surface area contributed by atoms with E-state index in [9.17, 15) is 4.79 Å². The second kappa shape index (κ2) is 4.75. The Labute approximate surface area is 108 Å². The van der Waals surface area contributed by atoms with Gasteiger partial charge in [-0.15, -0.1) is 0 Å². The fourth-order valence-electron chi connectivity index (χ4n) is 1.66. The van der Waals surface area contributed by atoms with Gasteiger partial charge in [-0.1, -0.05) is 15.9 Å². The fraction of sp³-hybridized carbons (Fsp3) is 0.154. The number of halogens is 1. The summed E-state index contributed by atoms with van der Waals surface area (Å²) in [6.45, 7) is 0. The minimum atomic E-state index is 0.338. The average molecular weight is 294 g/mol. The Kier molecular flexibility index (Phi) is 3.33. The highest BCUT2D eigenvalue weighted by molar-refractivity contribution is 9.10. The van der Waals surface area contributed by atoms with Crippen molar-refractivity contribution in [2.24, 2.45) is 0 Å². The first-order valence-corrected chi connectivity index (χ1v) is 5.93. The Bertz CT molecular complexity index is 546. The zero-order valence-electron chi connectivity index (χ0n) is 9.61. The summed E-state index contributed by atoms with van der Waals surface area (Å²) in [4.78, 5) is 12.6. The lowest BCUT2D eigenvalue weighted by Crippen LogP contribution is -2.09. The smallest absolute Gasteiger partial charge is 0.185 e. The van der Waals surface area contributed by atoms with Crippen molar-refractivity contribution in [3.8, 4) is 11.3 Å². The van der Waals surface area contributed by atoms with Crippen molar-refractivity contribution in [3.05, 3.63) is 40.6 Å². The number of carbonyl (C=O) groups excluding carboxylic acids is 1. The third kappa shape index (κ3) is 2.42. The van der Waals surface area contributed by atoms with Crippen LogP contribution in [-0.2, 0) is 0 Å². The maximum absolute atomic E-state index is 10.6. The maximum atomic E-state index is 10.6. The molecule has 0 aliphatic rings. The zero-order valence-corrected chi connectivity index (χ0v) is 11.2. The number of hydrogen-bond donors (Lipinski definition) is 0. The van der Waals surface area contributed by atoms with Crippen LogP contribution in [0.2, 0.25) is 0 Å². The monoisotopic (exact) mass is 293 g/mol. The molecule has 0 saturated heterocycles. The standard InChI is InChI=1S/C13H12BrNO2/c1-15(2)12-5-3-9(14)7-11(12)13-6-4-10(8-16)17-13/h3-8H,1-2H3. The summed E-state index contributed by atoms with van der Waals surface area (Å²) in [6, 6.07) is 9.43. The molecule has 0 atom stereocenters. The molecule has 2 rings (SSSR count). The van der Waals surface area contributed by atoms with Crippen molar-refractivity contribution in [2.75, 3.05) is 19.0 Å². The van der Waals surface area contributed by atoms with Gasteiger partial charge < -0.3 is 9.32 Å². The number of benzene rings is 1. The number of anilines is 1. The summed E-state index contributed by atoms with van der Waals surface area (Å²) in [6.07, 6.45) is 0.705. The van der Waals surface area contributed by atoms with E-state index in [-0.39, 0.29) is 0 Å². The lowest BCUT2D eigenvalue weighted by Gasteiger charge is -2.16. The Hall–Kier alpha value is -1.55. The van der Waals surface area contributed by atoms with E-state index in [2.05, 4.69) is 15.9 Å². The van der Waals surface area contributed by atoms with Crippen molar-refractivity contribution in [1.82, 2.24) is 0 Å². The second-order valence-electron chi connectivity index (χ2n) is 3.88. The van der Waals surface area contributed by atoms with Crippen LogP contribution in [0.3, 0.4) is 0 Å². The molecule has 4 heteroatoms. The first-order valence-electron chi connectivity index (χ1n) is 5.14. The van der Waals surface area contributed by atoms with Gasteiger partial charge in [0.15, 0.2) is 12.0 Å². The predicted molar refractivity (Wildman–Crippen MR) is 71.6 cm³/mol. The molecule has 0 aliphatic heterocycles. The Morgan fingerprint density at radius 2 is 2.00 bits per heavy atom. The molecule has 0 radical (unpaired) electrons. The van der Waals surface area contributed by atoms with Crippen molar-refractivity contribution < 1.29 is 9.21 Å². The molecule has 2 aromatic rings. The van der Waals surface area contributed by atoms with Crippen molar-refractivity contribution in [2.45, 2.75) is 0 Å². The number of carbonyl (C=O) groups is 1. The van der Waals surface area contributed by atoms with Gasteiger partial charge >= 0.3 is 0 Å². The van der Waals surface area contributed by atoms with E-state index in [1.165, 1.54) is 0 Å². The number of furan rings is 1. The van der Waals surface area contributed by atoms with Gasteiger partial charge in [-0.25, -0.2) is 0 Å². The molecule has 0 fully saturated rings. The molecule has 0 bridgehead atoms. The summed E-state index contributed by atoms with van der Waals surface area (Å²) in [5, 5.41) is 0. The van der Waals surface area contributed by atoms with Crippen molar-refractivity contribution >= 4 is 27.9 Å². The lowest BCUT2D eigenvalue weighted by molar-refractivity contribution is 0.110. The highest BCUT2D eigenvalue weighted by Crippen LogP contribution is 2.33. The average Bonchev–Trinajstić information content (AvgIpc) is 2.76. The number of aldehydes is 1. The van der Waals surface area contributed by atoms with Gasteiger partial charge in [-0.05, 0) is 30.3 Å². The molecule has 0 saturated carbocycles. The highest BCUT2D eigenvalue weighted by Gasteiger charge is 2.11. The molecule has 88 valence electrons. The molecule has 1 aromatic heterocycles. The van der Waals surface area contributed by atoms with Gasteiger partial charge in [0, 0.05) is 29.8 Å². The first kappa shape index (κ1) is 11.9. The molecular weight excluding hydrogens is 282 g/mol. The second-order valence-corrected chi connectivity index (χ2v) is 4.79. The largest absolute Gasteiger partial charge is 0.453 e. The minimum absolute atomic E-state index is 0.338. The third-order valence-electron chi connectivity index (χ3n) is 2.45. The van der Waals surface area contributed by atoms with E-state index < -0.39 is 0 Å². The Morgan fingerprint density at radius 1 is 1.24 bits per heavy atom. The SMILES string of the molecule is CN(C)c1ccc(Br)cc1-c1ccc(C=O)o1. The normalized spacial score (nSPS) is 10.3. The van der Waals surface area contributed by atoms with Gasteiger partial charge in [-0.2, -0.15) is 0 Å². The molecule has 17 heavy (non-hydrogen) atoms. The number of hydrogen-bond acceptors (Lipinski definition) is 3. The molecule has 0 amide bonds. The molecule has 0 unspecified atom stereocenters. The van der Waals surface area contributed by atoms with Crippen LogP contribution in [0.1, 0.15) is 10.6 Å². The van der Waals surface area contributed by atoms with Crippen LogP contribution in [0.25, 0.3) is 11.3 Å². The molecular formula is C13H12BrNO2. The fourth-order valence-corrected chi connectivity index (χ4v) is 2.02. The van der Waals surface area contributed by atoms with E-state index in [4.69, 9.17) is 4.42 Å². The quantitative estimate of drug-likeness (QED) is 0.811. The van der Waals surface area contributed by atoms with Crippen LogP contribution in [-0.4, -0.2) is 20.4 Å². The summed E-state index contributed by atoms with van der Waals surface area (Å²) in [5.74, 6) is 1.03. The molecule has 1 aromatic carbocycles. The van der Waals surface area contributed by atoms with Gasteiger partial charge in [0.05, 0.1) is 0 Å². The third-order valence-corrected chi connectivity index (χ3v) is 2.94. The van der Waals surface area contributed by atoms with E-state index in [1.54, 1.807) is 12.1 Å². The summed E-state index contributed by atoms with van der Waals surface area (Å²) in [5.41, 5.74) is 2.00. The van der Waals surface area contributed by atoms with Crippen molar-refractivity contribution in [3.63, 3.8) is 0 Å². The lowest BCUT2D eigenvalue weighted by atomic mass is 10.1. The van der Waals surface area contributed by atoms with Crippen LogP contribution in [0.4, 0.5) is 5.69 Å². The van der Waals surface area contributed by atoms with E-state index in [0.29, 0.717) is 17.8 Å². The van der Waals surface area contributed by atoms with Crippen LogP contribution < -0.4 is 4.90 Å². The van der Waals surface area contributed by atoms with Gasteiger partial charge in [-0.3, -0.25) is 4.79 Å². The molecule has 0 N–H and O–H groups in total. The van der Waals surface area contributed by atoms with Crippen LogP contribution in [0, 0.1) is 0 Å². The summed E-state index contributed by atoms with van der Waals surface area (Å²) < 4.78 is 6.42. The van der Waals surface area contributed by atoms with Crippen LogP contribution in [0.15, 0.2) is 39.2 Å². The minimum Gasteiger partial charge on any atom is -0.453 e. The van der Waals surface area contributed by atoms with Crippen LogP contribution in [0.5, 0.6) is 0 Å². The topological polar surface area (TPSA) is 33.5 Å². The van der Waals surface area contributed by atoms with E-state index >= 15 is 0 Å². The van der Waals surface area contributed by atoms with Crippen molar-refractivity contribution in [1.29, 1.82) is 0 Å². The molecule has 0 spiro atoms. The highest BCUT2D eigenvalue weighted by atomic mass is 79.9. The van der Waals surface area contributed by atoms with Gasteiger partial charge in [0.1, 0.15) is 5.76 Å². The number of nitrogens with zero attached hydrogens (tertiary/aromatic N) is 1. The first-order chi connectivity index (χ1) is 8.11. The molecule has 0 aliphatic carbocycles. The van der Waals surface area contributed by atoms with E-state index in [1.807, 2.05) is 37.2 Å². The molecule has 1 heterocycles. The molecule has 3 nitrogen and oxygen atoms in total. The Balaban J connectivity index is 2.56. The number of rotatable bonds is 3. The van der Waals surface area contributed by atoms with E-state index in [0.717, 1.165) is 15.7 Å². The van der Waals surface area contributed by atoms with Gasteiger partial charge in [0.2, 0.25) is 0 Å². The van der Waals surface area contributed by atoms with Crippen LogP contribution >= 0.6 is 15.9 Å². The maximum Gasteiger partial charge on any atom is 0.185 e. The zero-order chi connectivity index (χ0) is 12.4. The summed E-state index contributed by atoms with van der Waals surface area (Å²) in [7, 11) is 3.94. The predicted octanol–water partition coefficient (Wildman–Crippen LogP) is 3.59. The Morgan fingerprint density at radius 3 is 2.59 bits per heavy atom. The van der Waals surface area contributed by atoms with Gasteiger partial charge in [0.25, 0.3) is 0 Å². The summed E-state index contributed by atoms with van der Waals surface area (Å²) >= 11 is 3.44.